The predicted octanol–water partition coefficient (Wildman–Crippen LogP) is 4.37. The van der Waals surface area contributed by atoms with E-state index in [1.165, 1.54) is 5.56 Å². The number of esters is 1. The first-order chi connectivity index (χ1) is 10.6. The zero-order chi connectivity index (χ0) is 16.2. The molecular formula is C19H28O3. The van der Waals surface area contributed by atoms with Gasteiger partial charge in [-0.1, -0.05) is 56.3 Å². The molecule has 0 aromatic heterocycles. The summed E-state index contributed by atoms with van der Waals surface area (Å²) in [5, 5.41) is 0. The van der Waals surface area contributed by atoms with Crippen molar-refractivity contribution in [3.63, 3.8) is 0 Å². The summed E-state index contributed by atoms with van der Waals surface area (Å²) in [5.41, 5.74) is 1.20. The number of hydrogen-bond acceptors (Lipinski definition) is 3. The third-order valence-electron chi connectivity index (χ3n) is 3.31. The molecule has 0 bridgehead atoms. The van der Waals surface area contributed by atoms with Gasteiger partial charge in [0.05, 0.1) is 19.6 Å². The summed E-state index contributed by atoms with van der Waals surface area (Å²) < 4.78 is 10.7. The van der Waals surface area contributed by atoms with Crippen LogP contribution in [0.1, 0.15) is 39.2 Å². The number of allylic oxidation sites excluding steroid dienone is 2. The van der Waals surface area contributed by atoms with Crippen molar-refractivity contribution in [3.05, 3.63) is 48.0 Å². The summed E-state index contributed by atoms with van der Waals surface area (Å²) in [5.74, 6) is 0.560. The molecule has 2 atom stereocenters. The van der Waals surface area contributed by atoms with Crippen LogP contribution in [0.2, 0.25) is 0 Å². The minimum Gasteiger partial charge on any atom is -0.466 e. The Labute approximate surface area is 134 Å². The van der Waals surface area contributed by atoms with Gasteiger partial charge in [0.1, 0.15) is 0 Å². The van der Waals surface area contributed by atoms with Gasteiger partial charge in [-0.15, -0.1) is 0 Å². The monoisotopic (exact) mass is 304 g/mol. The van der Waals surface area contributed by atoms with E-state index in [0.717, 1.165) is 13.0 Å². The van der Waals surface area contributed by atoms with E-state index >= 15 is 0 Å². The van der Waals surface area contributed by atoms with Crippen molar-refractivity contribution in [2.45, 2.75) is 40.2 Å². The molecule has 22 heavy (non-hydrogen) atoms. The molecule has 0 amide bonds. The van der Waals surface area contributed by atoms with Crippen LogP contribution in [-0.4, -0.2) is 19.2 Å². The van der Waals surface area contributed by atoms with Crippen LogP contribution in [0.5, 0.6) is 0 Å². The fraction of sp³-hybridized carbons (Fsp3) is 0.526. The minimum absolute atomic E-state index is 0.126. The predicted molar refractivity (Wildman–Crippen MR) is 89.4 cm³/mol. The third-order valence-corrected chi connectivity index (χ3v) is 3.31. The first kappa shape index (κ1) is 18.4. The van der Waals surface area contributed by atoms with Crippen LogP contribution in [0, 0.1) is 11.8 Å². The second-order valence-corrected chi connectivity index (χ2v) is 5.76. The van der Waals surface area contributed by atoms with Crippen molar-refractivity contribution in [1.82, 2.24) is 0 Å². The Morgan fingerprint density at radius 3 is 2.64 bits per heavy atom. The summed E-state index contributed by atoms with van der Waals surface area (Å²) in [4.78, 5) is 11.4. The van der Waals surface area contributed by atoms with Gasteiger partial charge in [0.2, 0.25) is 0 Å². The van der Waals surface area contributed by atoms with Crippen LogP contribution < -0.4 is 0 Å². The van der Waals surface area contributed by atoms with Crippen molar-refractivity contribution >= 4 is 5.97 Å². The minimum atomic E-state index is -0.126. The number of benzene rings is 1. The lowest BCUT2D eigenvalue weighted by Crippen LogP contribution is -2.08. The van der Waals surface area contributed by atoms with Gasteiger partial charge in [0.15, 0.2) is 0 Å². The molecule has 0 aliphatic rings. The van der Waals surface area contributed by atoms with Gasteiger partial charge in [-0.05, 0) is 30.7 Å². The highest BCUT2D eigenvalue weighted by Gasteiger charge is 2.07. The average molecular weight is 304 g/mol. The Bertz CT molecular complexity index is 439. The maximum Gasteiger partial charge on any atom is 0.306 e. The highest BCUT2D eigenvalue weighted by Crippen LogP contribution is 2.10. The highest BCUT2D eigenvalue weighted by molar-refractivity contribution is 5.69. The fourth-order valence-electron chi connectivity index (χ4n) is 2.11. The molecule has 0 fully saturated rings. The molecule has 0 aliphatic carbocycles. The molecule has 3 heteroatoms. The van der Waals surface area contributed by atoms with Crippen molar-refractivity contribution in [1.29, 1.82) is 0 Å². The molecular weight excluding hydrogens is 276 g/mol. The number of hydrogen-bond donors (Lipinski definition) is 0. The van der Waals surface area contributed by atoms with Gasteiger partial charge in [-0.2, -0.15) is 0 Å². The SMILES string of the molecule is CCOC(=O)CC(C)C=CCC(C)COCc1ccccc1. The average Bonchev–Trinajstić information content (AvgIpc) is 2.48. The van der Waals surface area contributed by atoms with Crippen molar-refractivity contribution < 1.29 is 14.3 Å². The number of carbonyl (C=O) groups is 1. The van der Waals surface area contributed by atoms with E-state index in [-0.39, 0.29) is 11.9 Å². The maximum absolute atomic E-state index is 11.4. The van der Waals surface area contributed by atoms with E-state index < -0.39 is 0 Å². The summed E-state index contributed by atoms with van der Waals surface area (Å²) in [6.45, 7) is 7.88. The fourth-order valence-corrected chi connectivity index (χ4v) is 2.11. The molecule has 1 rings (SSSR count). The number of rotatable bonds is 10. The van der Waals surface area contributed by atoms with Crippen LogP contribution in [0.3, 0.4) is 0 Å². The second-order valence-electron chi connectivity index (χ2n) is 5.76. The molecule has 0 aliphatic heterocycles. The largest absolute Gasteiger partial charge is 0.466 e. The summed E-state index contributed by atoms with van der Waals surface area (Å²) in [6, 6.07) is 10.2. The Kier molecular flexibility index (Phi) is 9.24. The summed E-state index contributed by atoms with van der Waals surface area (Å²) >= 11 is 0. The molecule has 1 aromatic carbocycles. The van der Waals surface area contributed by atoms with Crippen LogP contribution in [0.15, 0.2) is 42.5 Å². The highest BCUT2D eigenvalue weighted by atomic mass is 16.5. The van der Waals surface area contributed by atoms with Gasteiger partial charge in [-0.3, -0.25) is 4.79 Å². The number of ether oxygens (including phenoxy) is 2. The molecule has 2 unspecified atom stereocenters. The van der Waals surface area contributed by atoms with Crippen molar-refractivity contribution in [3.8, 4) is 0 Å². The van der Waals surface area contributed by atoms with Crippen LogP contribution in [0.4, 0.5) is 0 Å². The Morgan fingerprint density at radius 2 is 1.95 bits per heavy atom. The van der Waals surface area contributed by atoms with Gasteiger partial charge < -0.3 is 9.47 Å². The zero-order valence-corrected chi connectivity index (χ0v) is 14.0. The standard InChI is InChI=1S/C19H28O3/c1-4-22-19(20)13-16(2)9-8-10-17(3)14-21-15-18-11-6-5-7-12-18/h5-9,11-12,16-17H,4,10,13-15H2,1-3H3. The van der Waals surface area contributed by atoms with E-state index in [1.807, 2.05) is 32.0 Å². The van der Waals surface area contributed by atoms with E-state index in [0.29, 0.717) is 25.6 Å². The van der Waals surface area contributed by atoms with Crippen LogP contribution >= 0.6 is 0 Å². The second kappa shape index (κ2) is 11.0. The Morgan fingerprint density at radius 1 is 1.23 bits per heavy atom. The Balaban J connectivity index is 2.15. The number of carbonyl (C=O) groups excluding carboxylic acids is 1. The Hall–Kier alpha value is -1.61. The third kappa shape index (κ3) is 8.63. The molecule has 0 N–H and O–H groups in total. The maximum atomic E-state index is 11.4. The van der Waals surface area contributed by atoms with Crippen LogP contribution in [-0.2, 0) is 20.9 Å². The van der Waals surface area contributed by atoms with Gasteiger partial charge in [-0.25, -0.2) is 0 Å². The van der Waals surface area contributed by atoms with E-state index in [2.05, 4.69) is 31.2 Å². The van der Waals surface area contributed by atoms with Gasteiger partial charge >= 0.3 is 5.97 Å². The molecule has 3 nitrogen and oxygen atoms in total. The van der Waals surface area contributed by atoms with Crippen molar-refractivity contribution in [2.24, 2.45) is 11.8 Å². The zero-order valence-electron chi connectivity index (χ0n) is 14.0. The summed E-state index contributed by atoms with van der Waals surface area (Å²) in [6.07, 6.45) is 5.64. The van der Waals surface area contributed by atoms with E-state index in [1.54, 1.807) is 0 Å². The molecule has 0 saturated carbocycles. The molecule has 0 saturated heterocycles. The lowest BCUT2D eigenvalue weighted by Gasteiger charge is -2.10. The van der Waals surface area contributed by atoms with Crippen molar-refractivity contribution in [2.75, 3.05) is 13.2 Å². The first-order valence-corrected chi connectivity index (χ1v) is 8.05. The first-order valence-electron chi connectivity index (χ1n) is 8.05. The van der Waals surface area contributed by atoms with Gasteiger partial charge in [0.25, 0.3) is 0 Å². The quantitative estimate of drug-likeness (QED) is 0.475. The summed E-state index contributed by atoms with van der Waals surface area (Å²) in [7, 11) is 0. The topological polar surface area (TPSA) is 35.5 Å². The molecule has 1 aromatic rings. The van der Waals surface area contributed by atoms with Gasteiger partial charge in [0, 0.05) is 6.61 Å². The lowest BCUT2D eigenvalue weighted by molar-refractivity contribution is -0.143. The molecule has 0 radical (unpaired) electrons. The molecule has 122 valence electrons. The normalized spacial score (nSPS) is 14.0. The van der Waals surface area contributed by atoms with Crippen LogP contribution in [0.25, 0.3) is 0 Å². The molecule has 0 spiro atoms. The molecule has 0 heterocycles. The van der Waals surface area contributed by atoms with E-state index in [9.17, 15) is 4.79 Å². The van der Waals surface area contributed by atoms with E-state index in [4.69, 9.17) is 9.47 Å². The lowest BCUT2D eigenvalue weighted by atomic mass is 10.0. The smallest absolute Gasteiger partial charge is 0.306 e.